The number of carbonyl (C=O) groups excluding carboxylic acids is 1. The number of aromatic amines is 1. The van der Waals surface area contributed by atoms with E-state index in [2.05, 4.69) is 20.9 Å². The summed E-state index contributed by atoms with van der Waals surface area (Å²) in [7, 11) is 1.51. The predicted octanol–water partition coefficient (Wildman–Crippen LogP) is 5.01. The number of ether oxygens (including phenoxy) is 1. The molecule has 1 aromatic heterocycles. The van der Waals surface area contributed by atoms with E-state index in [9.17, 15) is 4.79 Å². The molecule has 27 heavy (non-hydrogen) atoms. The molecule has 0 bridgehead atoms. The smallest absolute Gasteiger partial charge is 0.256 e. The van der Waals surface area contributed by atoms with Crippen molar-refractivity contribution in [1.82, 2.24) is 10.0 Å². The van der Waals surface area contributed by atoms with Crippen LogP contribution in [0, 0.1) is 0 Å². The second kappa shape index (κ2) is 9.30. The largest absolute Gasteiger partial charge is 0.494 e. The van der Waals surface area contributed by atoms with Gasteiger partial charge in [0.2, 0.25) is 0 Å². The molecule has 1 N–H and O–H groups in total. The molecule has 0 atom stereocenters. The summed E-state index contributed by atoms with van der Waals surface area (Å²) < 4.78 is 6.64. The summed E-state index contributed by atoms with van der Waals surface area (Å²) in [5, 5.41) is 2.45. The molecule has 1 heterocycles. The Hall–Kier alpha value is -1.96. The molecule has 0 aliphatic carbocycles. The van der Waals surface area contributed by atoms with Crippen LogP contribution in [0.3, 0.4) is 0 Å². The number of halogens is 1. The molecule has 0 radical (unpaired) electrons. The van der Waals surface area contributed by atoms with Gasteiger partial charge in [0.15, 0.2) is 0 Å². The Balaban J connectivity index is 1.69. The summed E-state index contributed by atoms with van der Waals surface area (Å²) in [6, 6.07) is 13.7. The topological polar surface area (TPSA) is 54.6 Å². The van der Waals surface area contributed by atoms with Crippen LogP contribution in [0.1, 0.15) is 12.5 Å². The molecule has 0 saturated carbocycles. The first-order chi connectivity index (χ1) is 13.1. The number of hydrogen-bond acceptors (Lipinski definition) is 4. The van der Waals surface area contributed by atoms with Crippen molar-refractivity contribution in [3.8, 4) is 5.75 Å². The molecular formula is C20H21BrN2O3S. The van der Waals surface area contributed by atoms with Crippen molar-refractivity contribution >= 4 is 44.5 Å². The number of hydrogen-bond donors (Lipinski definition) is 1. The highest BCUT2D eigenvalue weighted by atomic mass is 79.9. The molecule has 3 rings (SSSR count). The van der Waals surface area contributed by atoms with Crippen LogP contribution in [0.25, 0.3) is 10.9 Å². The zero-order valence-electron chi connectivity index (χ0n) is 15.2. The standard InChI is InChI=1S/C20H21BrN2O3S/c1-3-26-17-10-5-4-7-14(17)12-23(25-2)19(24)13-27-18-11-22-16-9-6-8-15(21)20(16)18/h4-11,22H,3,12-13H2,1-2H3. The van der Waals surface area contributed by atoms with Gasteiger partial charge in [0.25, 0.3) is 5.91 Å². The summed E-state index contributed by atoms with van der Waals surface area (Å²) in [5.74, 6) is 0.942. The van der Waals surface area contributed by atoms with E-state index in [1.165, 1.54) is 23.9 Å². The van der Waals surface area contributed by atoms with E-state index in [1.807, 2.05) is 55.6 Å². The van der Waals surface area contributed by atoms with E-state index >= 15 is 0 Å². The van der Waals surface area contributed by atoms with Crippen molar-refractivity contribution in [2.24, 2.45) is 0 Å². The fourth-order valence-electron chi connectivity index (χ4n) is 2.78. The van der Waals surface area contributed by atoms with Crippen molar-refractivity contribution in [1.29, 1.82) is 0 Å². The number of thioether (sulfide) groups is 1. The van der Waals surface area contributed by atoms with Gasteiger partial charge in [-0.15, -0.1) is 11.8 Å². The minimum atomic E-state index is -0.102. The van der Waals surface area contributed by atoms with Crippen molar-refractivity contribution in [2.75, 3.05) is 19.5 Å². The number of H-pyrrole nitrogens is 1. The molecule has 3 aromatic rings. The Morgan fingerprint density at radius 2 is 2.04 bits per heavy atom. The van der Waals surface area contributed by atoms with E-state index in [-0.39, 0.29) is 11.7 Å². The van der Waals surface area contributed by atoms with Gasteiger partial charge in [0, 0.05) is 32.0 Å². The SMILES string of the molecule is CCOc1ccccc1CN(OC)C(=O)CSc1c[nH]c2cccc(Br)c12. The number of rotatable bonds is 8. The van der Waals surface area contributed by atoms with E-state index < -0.39 is 0 Å². The maximum Gasteiger partial charge on any atom is 0.256 e. The second-order valence-electron chi connectivity index (χ2n) is 5.76. The number of aromatic nitrogens is 1. The molecule has 0 aliphatic rings. The number of hydroxylamine groups is 2. The summed E-state index contributed by atoms with van der Waals surface area (Å²) >= 11 is 5.06. The molecule has 0 spiro atoms. The lowest BCUT2D eigenvalue weighted by atomic mass is 10.2. The quantitative estimate of drug-likeness (QED) is 0.388. The van der Waals surface area contributed by atoms with Crippen molar-refractivity contribution in [2.45, 2.75) is 18.4 Å². The van der Waals surface area contributed by atoms with Crippen molar-refractivity contribution in [3.05, 3.63) is 58.7 Å². The molecule has 0 aliphatic heterocycles. The first-order valence-corrected chi connectivity index (χ1v) is 10.4. The van der Waals surface area contributed by atoms with Crippen molar-refractivity contribution in [3.63, 3.8) is 0 Å². The Morgan fingerprint density at radius 1 is 1.22 bits per heavy atom. The fraction of sp³-hybridized carbons (Fsp3) is 0.250. The van der Waals surface area contributed by atoms with Crippen LogP contribution in [-0.2, 0) is 16.2 Å². The lowest BCUT2D eigenvalue weighted by molar-refractivity contribution is -0.176. The predicted molar refractivity (Wildman–Crippen MR) is 112 cm³/mol. The highest BCUT2D eigenvalue weighted by Gasteiger charge is 2.17. The Labute approximate surface area is 171 Å². The third-order valence-electron chi connectivity index (χ3n) is 4.05. The van der Waals surface area contributed by atoms with Gasteiger partial charge in [-0.3, -0.25) is 9.63 Å². The third-order valence-corrected chi connectivity index (χ3v) is 5.74. The van der Waals surface area contributed by atoms with Crippen LogP contribution in [0.5, 0.6) is 5.75 Å². The van der Waals surface area contributed by atoms with Gasteiger partial charge in [0.05, 0.1) is 26.0 Å². The lowest BCUT2D eigenvalue weighted by Crippen LogP contribution is -2.31. The highest BCUT2D eigenvalue weighted by molar-refractivity contribution is 9.10. The number of fused-ring (bicyclic) bond motifs is 1. The fourth-order valence-corrected chi connectivity index (χ4v) is 4.42. The average molecular weight is 449 g/mol. The first kappa shape index (κ1) is 19.8. The van der Waals surface area contributed by atoms with E-state index in [1.54, 1.807) is 0 Å². The Morgan fingerprint density at radius 3 is 2.81 bits per heavy atom. The highest BCUT2D eigenvalue weighted by Crippen LogP contribution is 2.33. The van der Waals surface area contributed by atoms with Crippen LogP contribution in [0.4, 0.5) is 0 Å². The normalized spacial score (nSPS) is 10.9. The van der Waals surface area contributed by atoms with E-state index in [4.69, 9.17) is 9.57 Å². The lowest BCUT2D eigenvalue weighted by Gasteiger charge is -2.21. The monoisotopic (exact) mass is 448 g/mol. The van der Waals surface area contributed by atoms with Gasteiger partial charge in [-0.25, -0.2) is 5.06 Å². The number of amides is 1. The van der Waals surface area contributed by atoms with Crippen LogP contribution in [0.15, 0.2) is 58.0 Å². The summed E-state index contributed by atoms with van der Waals surface area (Å²) in [6.07, 6.45) is 1.93. The van der Waals surface area contributed by atoms with Crippen LogP contribution >= 0.6 is 27.7 Å². The molecule has 0 fully saturated rings. The maximum atomic E-state index is 12.7. The second-order valence-corrected chi connectivity index (χ2v) is 7.63. The van der Waals surface area contributed by atoms with Gasteiger partial charge >= 0.3 is 0 Å². The van der Waals surface area contributed by atoms with Gasteiger partial charge < -0.3 is 9.72 Å². The Bertz CT molecular complexity index is 928. The molecule has 2 aromatic carbocycles. The van der Waals surface area contributed by atoms with Gasteiger partial charge in [0.1, 0.15) is 5.75 Å². The third kappa shape index (κ3) is 4.66. The number of para-hydroxylation sites is 1. The van der Waals surface area contributed by atoms with Crippen LogP contribution in [-0.4, -0.2) is 35.4 Å². The minimum absolute atomic E-state index is 0.102. The van der Waals surface area contributed by atoms with Gasteiger partial charge in [-0.1, -0.05) is 40.2 Å². The van der Waals surface area contributed by atoms with E-state index in [0.29, 0.717) is 13.2 Å². The van der Waals surface area contributed by atoms with Gasteiger partial charge in [-0.2, -0.15) is 0 Å². The molecule has 0 unspecified atom stereocenters. The van der Waals surface area contributed by atoms with Crippen LogP contribution < -0.4 is 4.74 Å². The van der Waals surface area contributed by atoms with Crippen LogP contribution in [0.2, 0.25) is 0 Å². The molecule has 0 saturated heterocycles. The first-order valence-electron chi connectivity index (χ1n) is 8.57. The Kier molecular flexibility index (Phi) is 6.82. The number of benzene rings is 2. The van der Waals surface area contributed by atoms with Gasteiger partial charge in [-0.05, 0) is 25.1 Å². The molecule has 1 amide bonds. The number of nitrogens with zero attached hydrogens (tertiary/aromatic N) is 1. The van der Waals surface area contributed by atoms with Crippen molar-refractivity contribution < 1.29 is 14.4 Å². The summed E-state index contributed by atoms with van der Waals surface area (Å²) in [6.45, 7) is 2.85. The zero-order chi connectivity index (χ0) is 19.2. The molecule has 5 nitrogen and oxygen atoms in total. The average Bonchev–Trinajstić information content (AvgIpc) is 3.10. The molecular weight excluding hydrogens is 428 g/mol. The number of nitrogens with one attached hydrogen (secondary N) is 1. The summed E-state index contributed by atoms with van der Waals surface area (Å²) in [5.41, 5.74) is 1.95. The van der Waals surface area contributed by atoms with E-state index in [0.717, 1.165) is 31.6 Å². The molecule has 7 heteroatoms. The maximum absolute atomic E-state index is 12.7. The molecule has 142 valence electrons. The number of carbonyl (C=O) groups is 1. The zero-order valence-corrected chi connectivity index (χ0v) is 17.6. The minimum Gasteiger partial charge on any atom is -0.494 e. The summed E-state index contributed by atoms with van der Waals surface area (Å²) in [4.78, 5) is 22.3.